The van der Waals surface area contributed by atoms with Crippen molar-refractivity contribution in [1.29, 1.82) is 0 Å². The number of alkyl halides is 3. The molecule has 17 nitrogen and oxygen atoms in total. The maximum atomic E-state index is 13.3. The Bertz CT molecular complexity index is 2180. The predicted octanol–water partition coefficient (Wildman–Crippen LogP) is 3.81. The first-order valence-electron chi connectivity index (χ1n) is 20.3. The van der Waals surface area contributed by atoms with Gasteiger partial charge < -0.3 is 44.3 Å². The molecule has 1 aliphatic carbocycles. The highest BCUT2D eigenvalue weighted by Crippen LogP contribution is 2.43. The summed E-state index contributed by atoms with van der Waals surface area (Å²) < 4.78 is 64.1. The van der Waals surface area contributed by atoms with Crippen molar-refractivity contribution in [3.8, 4) is 0 Å². The lowest BCUT2D eigenvalue weighted by Gasteiger charge is -2.31. The van der Waals surface area contributed by atoms with E-state index in [4.69, 9.17) is 18.9 Å². The Morgan fingerprint density at radius 3 is 2.18 bits per heavy atom. The van der Waals surface area contributed by atoms with E-state index in [1.807, 2.05) is 10.6 Å². The molecule has 4 amide bonds. The van der Waals surface area contributed by atoms with Crippen molar-refractivity contribution < 1.29 is 56.1 Å². The molecule has 20 heteroatoms. The van der Waals surface area contributed by atoms with Gasteiger partial charge in [0.15, 0.2) is 5.65 Å². The summed E-state index contributed by atoms with van der Waals surface area (Å²) in [5, 5.41) is 18.1. The summed E-state index contributed by atoms with van der Waals surface area (Å²) in [5.74, 6) is -3.05. The van der Waals surface area contributed by atoms with Crippen LogP contribution in [0.15, 0.2) is 36.4 Å². The molecule has 0 saturated heterocycles. The number of aromatic nitrogens is 4. The van der Waals surface area contributed by atoms with Gasteiger partial charge in [0.1, 0.15) is 11.8 Å². The quantitative estimate of drug-likeness (QED) is 0.0555. The number of hydrogen-bond donors (Lipinski definition) is 3. The van der Waals surface area contributed by atoms with Crippen molar-refractivity contribution >= 4 is 57.7 Å². The number of carbonyl (C=O) groups excluding carboxylic acids is 5. The highest BCUT2D eigenvalue weighted by molar-refractivity contribution is 6.24. The van der Waals surface area contributed by atoms with Crippen molar-refractivity contribution in [2.24, 2.45) is 13.0 Å². The van der Waals surface area contributed by atoms with Crippen LogP contribution in [-0.2, 0) is 35.6 Å². The van der Waals surface area contributed by atoms with Gasteiger partial charge in [-0.1, -0.05) is 6.07 Å². The molecule has 1 saturated carbocycles. The number of imide groups is 1. The molecular formula is C41H51F3N8O9. The van der Waals surface area contributed by atoms with Gasteiger partial charge in [-0.25, -0.2) is 0 Å². The van der Waals surface area contributed by atoms with Crippen molar-refractivity contribution in [1.82, 2.24) is 35.1 Å². The van der Waals surface area contributed by atoms with Crippen LogP contribution in [0, 0.1) is 5.92 Å². The first-order chi connectivity index (χ1) is 29.4. The highest BCUT2D eigenvalue weighted by Gasteiger charge is 2.43. The number of aryl methyl sites for hydroxylation is 1. The van der Waals surface area contributed by atoms with Crippen LogP contribution < -0.4 is 16.0 Å². The fourth-order valence-corrected chi connectivity index (χ4v) is 7.73. The summed E-state index contributed by atoms with van der Waals surface area (Å²) in [4.78, 5) is 64.9. The number of aldehydes is 1. The van der Waals surface area contributed by atoms with E-state index in [1.165, 1.54) is 17.9 Å². The standard InChI is InChI=1S/C41H51F3N8O9/c1-45-34(54)13-11-29(25-53)52-39(56)30-4-3-5-32(35(30)40(52)57)46-14-16-58-18-20-60-22-23-61-21-19-59-17-15-47-38(55)26-6-12-33-31(24-26)36-37(49-50(2)48-36)51(33)28-9-7-27(8-10-28)41(42,43)44/h3-6,12,24-25,27-29,46H,7-11,13-23H2,1-2H3,(H,45,54)(H,47,55). The Balaban J connectivity index is 0.809. The Kier molecular flexibility index (Phi) is 15.4. The molecule has 0 bridgehead atoms. The van der Waals surface area contributed by atoms with E-state index in [-0.39, 0.29) is 67.8 Å². The number of benzene rings is 2. The molecule has 330 valence electrons. The molecule has 6 rings (SSSR count). The monoisotopic (exact) mass is 856 g/mol. The van der Waals surface area contributed by atoms with E-state index in [1.54, 1.807) is 31.3 Å². The number of anilines is 1. The maximum absolute atomic E-state index is 13.3. The highest BCUT2D eigenvalue weighted by atomic mass is 19.4. The number of nitrogens with one attached hydrogen (secondary N) is 3. The van der Waals surface area contributed by atoms with E-state index in [2.05, 4.69) is 26.1 Å². The Labute approximate surface area is 349 Å². The molecule has 2 aliphatic rings. The first kappa shape index (κ1) is 45.1. The molecule has 1 unspecified atom stereocenters. The lowest BCUT2D eigenvalue weighted by Crippen LogP contribution is -2.41. The van der Waals surface area contributed by atoms with Gasteiger partial charge in [-0.2, -0.15) is 23.1 Å². The van der Waals surface area contributed by atoms with Crippen molar-refractivity contribution in [2.45, 2.75) is 56.8 Å². The zero-order valence-electron chi connectivity index (χ0n) is 34.1. The molecule has 4 aromatic rings. The number of hydrogen-bond acceptors (Lipinski definition) is 12. The number of carbonyl (C=O) groups is 5. The largest absolute Gasteiger partial charge is 0.391 e. The van der Waals surface area contributed by atoms with Gasteiger partial charge in [0.2, 0.25) is 5.91 Å². The summed E-state index contributed by atoms with van der Waals surface area (Å²) in [7, 11) is 3.15. The molecule has 3 heterocycles. The number of amides is 4. The van der Waals surface area contributed by atoms with Crippen molar-refractivity contribution in [3.05, 3.63) is 53.1 Å². The lowest BCUT2D eigenvalue weighted by molar-refractivity contribution is -0.183. The van der Waals surface area contributed by atoms with Crippen molar-refractivity contribution in [2.75, 3.05) is 78.3 Å². The molecule has 1 atom stereocenters. The summed E-state index contributed by atoms with van der Waals surface area (Å²) >= 11 is 0. The fourth-order valence-electron chi connectivity index (χ4n) is 7.73. The van der Waals surface area contributed by atoms with Gasteiger partial charge in [-0.05, 0) is 62.4 Å². The minimum Gasteiger partial charge on any atom is -0.382 e. The topological polar surface area (TPSA) is 197 Å². The van der Waals surface area contributed by atoms with Crippen LogP contribution in [-0.4, -0.2) is 140 Å². The van der Waals surface area contributed by atoms with E-state index in [0.717, 1.165) is 15.8 Å². The maximum Gasteiger partial charge on any atom is 0.391 e. The van der Waals surface area contributed by atoms with Crippen LogP contribution >= 0.6 is 0 Å². The Morgan fingerprint density at radius 1 is 0.885 bits per heavy atom. The molecule has 0 radical (unpaired) electrons. The third-order valence-corrected chi connectivity index (χ3v) is 10.8. The zero-order valence-corrected chi connectivity index (χ0v) is 34.1. The first-order valence-corrected chi connectivity index (χ1v) is 20.3. The average molecular weight is 857 g/mol. The second-order valence-electron chi connectivity index (χ2n) is 14.8. The van der Waals surface area contributed by atoms with E-state index in [9.17, 15) is 37.1 Å². The Morgan fingerprint density at radius 2 is 1.54 bits per heavy atom. The minimum absolute atomic E-state index is 0.00553. The molecule has 1 fully saturated rings. The van der Waals surface area contributed by atoms with Gasteiger partial charge in [-0.3, -0.25) is 24.1 Å². The molecule has 61 heavy (non-hydrogen) atoms. The fraction of sp³-hybridized carbons (Fsp3) is 0.537. The lowest BCUT2D eigenvalue weighted by atomic mass is 9.85. The van der Waals surface area contributed by atoms with E-state index in [0.29, 0.717) is 94.3 Å². The van der Waals surface area contributed by atoms with E-state index >= 15 is 0 Å². The summed E-state index contributed by atoms with van der Waals surface area (Å²) in [6, 6.07) is 8.89. The smallest absolute Gasteiger partial charge is 0.382 e. The van der Waals surface area contributed by atoms with Gasteiger partial charge >= 0.3 is 6.18 Å². The summed E-state index contributed by atoms with van der Waals surface area (Å²) in [5.41, 5.74) is 3.21. The molecular weight excluding hydrogens is 805 g/mol. The number of ether oxygens (including phenoxy) is 4. The number of rotatable bonds is 23. The average Bonchev–Trinajstić information content (AvgIpc) is 3.86. The molecule has 3 N–H and O–H groups in total. The zero-order chi connectivity index (χ0) is 43.5. The van der Waals surface area contributed by atoms with Crippen LogP contribution in [0.25, 0.3) is 22.1 Å². The molecule has 2 aromatic carbocycles. The van der Waals surface area contributed by atoms with Gasteiger partial charge in [-0.15, -0.1) is 5.10 Å². The van der Waals surface area contributed by atoms with Crippen LogP contribution in [0.4, 0.5) is 18.9 Å². The van der Waals surface area contributed by atoms with Gasteiger partial charge in [0.25, 0.3) is 17.7 Å². The molecule has 2 aromatic heterocycles. The molecule has 0 spiro atoms. The minimum atomic E-state index is -4.19. The third kappa shape index (κ3) is 10.9. The number of nitrogens with zero attached hydrogens (tertiary/aromatic N) is 5. The van der Waals surface area contributed by atoms with Crippen LogP contribution in [0.3, 0.4) is 0 Å². The Hall–Kier alpha value is -5.44. The summed E-state index contributed by atoms with van der Waals surface area (Å²) in [6.07, 6.45) is -2.78. The van der Waals surface area contributed by atoms with Crippen LogP contribution in [0.5, 0.6) is 0 Å². The van der Waals surface area contributed by atoms with Crippen molar-refractivity contribution in [3.63, 3.8) is 0 Å². The predicted molar refractivity (Wildman–Crippen MR) is 215 cm³/mol. The summed E-state index contributed by atoms with van der Waals surface area (Å²) in [6.45, 7) is 3.18. The van der Waals surface area contributed by atoms with Gasteiger partial charge in [0.05, 0.1) is 81.5 Å². The van der Waals surface area contributed by atoms with Gasteiger partial charge in [0, 0.05) is 56.3 Å². The number of fused-ring (bicyclic) bond motifs is 4. The van der Waals surface area contributed by atoms with Crippen LogP contribution in [0.2, 0.25) is 0 Å². The van der Waals surface area contributed by atoms with E-state index < -0.39 is 30.0 Å². The SMILES string of the molecule is CNC(=O)CCC(C=O)N1C(=O)c2cccc(NCCOCCOCCOCCOCCNC(=O)c3ccc4c(c3)c3nn(C)nc3n4C3CCC(C(F)(F)F)CC3)c2C1=O. The normalized spacial score (nSPS) is 17.2. The number of halogens is 3. The second kappa shape index (κ2) is 20.9. The van der Waals surface area contributed by atoms with Crippen LogP contribution in [0.1, 0.15) is 75.6 Å². The second-order valence-corrected chi connectivity index (χ2v) is 14.8. The third-order valence-electron chi connectivity index (χ3n) is 10.8. The molecule has 1 aliphatic heterocycles.